The zero-order chi connectivity index (χ0) is 42.8. The molecule has 4 atom stereocenters. The Morgan fingerprint density at radius 3 is 1.74 bits per heavy atom. The normalized spacial score (nSPS) is 15.1. The molecule has 0 aliphatic rings. The lowest BCUT2D eigenvalue weighted by Gasteiger charge is -2.20. The fourth-order valence-corrected chi connectivity index (χ4v) is 6.33. The number of unbranched alkanes of at least 4 members (excludes halogenated alkanes) is 13. The molecule has 334 valence electrons. The molecule has 0 rings (SSSR count). The fraction of sp³-hybridized carbons (Fsp3) is 0.696. The predicted molar refractivity (Wildman–Crippen MR) is 234 cm³/mol. The molecule has 0 amide bonds. The molecule has 11 nitrogen and oxygen atoms in total. The lowest BCUT2D eigenvalue weighted by Crippen LogP contribution is -2.30. The molecule has 0 aromatic carbocycles. The van der Waals surface area contributed by atoms with Gasteiger partial charge in [-0.3, -0.25) is 18.6 Å². The van der Waals surface area contributed by atoms with Crippen LogP contribution in [0.25, 0.3) is 0 Å². The first-order chi connectivity index (χ1) is 28.1. The number of aliphatic hydroxyl groups excluding tert-OH is 3. The molecule has 4 N–H and O–H groups in total. The maximum Gasteiger partial charge on any atom is 0.472 e. The van der Waals surface area contributed by atoms with Crippen molar-refractivity contribution in [2.45, 2.75) is 180 Å². The van der Waals surface area contributed by atoms with Crippen molar-refractivity contribution in [3.8, 4) is 0 Å². The van der Waals surface area contributed by atoms with Crippen molar-refractivity contribution in [3.05, 3.63) is 72.9 Å². The molecule has 58 heavy (non-hydrogen) atoms. The van der Waals surface area contributed by atoms with Crippen molar-refractivity contribution in [2.24, 2.45) is 0 Å². The lowest BCUT2D eigenvalue weighted by molar-refractivity contribution is -0.161. The van der Waals surface area contributed by atoms with Crippen molar-refractivity contribution >= 4 is 19.8 Å². The number of ether oxygens (including phenoxy) is 2. The monoisotopic (exact) mass is 839 g/mol. The van der Waals surface area contributed by atoms with Crippen LogP contribution in [0.15, 0.2) is 72.9 Å². The van der Waals surface area contributed by atoms with Crippen molar-refractivity contribution in [1.82, 2.24) is 0 Å². The molecule has 0 spiro atoms. The Labute approximate surface area is 351 Å². The highest BCUT2D eigenvalue weighted by molar-refractivity contribution is 7.47. The third-order valence-corrected chi connectivity index (χ3v) is 9.90. The zero-order valence-electron chi connectivity index (χ0n) is 35.8. The summed E-state index contributed by atoms with van der Waals surface area (Å²) in [5.41, 5.74) is 0. The molecule has 12 heteroatoms. The van der Waals surface area contributed by atoms with Gasteiger partial charge >= 0.3 is 19.8 Å². The van der Waals surface area contributed by atoms with E-state index in [1.54, 1.807) is 12.2 Å². The predicted octanol–water partition coefficient (Wildman–Crippen LogP) is 10.6. The molecule has 0 radical (unpaired) electrons. The Morgan fingerprint density at radius 1 is 0.603 bits per heavy atom. The molecule has 0 saturated heterocycles. The number of phosphoric acid groups is 1. The maximum atomic E-state index is 12.6. The fourth-order valence-electron chi connectivity index (χ4n) is 5.54. The smallest absolute Gasteiger partial charge is 0.462 e. The van der Waals surface area contributed by atoms with Gasteiger partial charge in [0, 0.05) is 12.8 Å². The number of aliphatic hydroxyl groups is 3. The first kappa shape index (κ1) is 55.4. The van der Waals surface area contributed by atoms with Crippen LogP contribution in [0.2, 0.25) is 0 Å². The minimum absolute atomic E-state index is 0.0503. The SMILES string of the molecule is CC/C=C\C/C=C\C/C=C\C/C=C\C=C\C(O)CCCC(=O)O[C@H](COC(=O)CCCCCCCCC/C=C\CCCCCCCC)COP(=O)(O)OC[C@@H](O)CO. The lowest BCUT2D eigenvalue weighted by atomic mass is 10.1. The molecule has 0 fully saturated rings. The first-order valence-corrected chi connectivity index (χ1v) is 23.5. The summed E-state index contributed by atoms with van der Waals surface area (Å²) >= 11 is 0. The van der Waals surface area contributed by atoms with Crippen LogP contribution in [0.1, 0.15) is 162 Å². The van der Waals surface area contributed by atoms with Gasteiger partial charge in [-0.1, -0.05) is 151 Å². The van der Waals surface area contributed by atoms with E-state index in [1.165, 1.54) is 64.2 Å². The van der Waals surface area contributed by atoms with Crippen molar-refractivity contribution in [1.29, 1.82) is 0 Å². The Kier molecular flexibility index (Phi) is 39.3. The van der Waals surface area contributed by atoms with Crippen LogP contribution in [0.3, 0.4) is 0 Å². The molecule has 0 heterocycles. The van der Waals surface area contributed by atoms with Gasteiger partial charge in [0.15, 0.2) is 6.10 Å². The highest BCUT2D eigenvalue weighted by Gasteiger charge is 2.27. The van der Waals surface area contributed by atoms with Gasteiger partial charge in [0.1, 0.15) is 12.7 Å². The summed E-state index contributed by atoms with van der Waals surface area (Å²) in [6.07, 6.45) is 43.2. The number of hydrogen-bond donors (Lipinski definition) is 4. The number of phosphoric ester groups is 1. The van der Waals surface area contributed by atoms with E-state index in [4.69, 9.17) is 19.1 Å². The number of esters is 2. The summed E-state index contributed by atoms with van der Waals surface area (Å²) in [7, 11) is -4.68. The van der Waals surface area contributed by atoms with Gasteiger partial charge in [0.05, 0.1) is 25.9 Å². The summed E-state index contributed by atoms with van der Waals surface area (Å²) < 4.78 is 32.6. The van der Waals surface area contributed by atoms with Crippen LogP contribution in [-0.2, 0) is 32.7 Å². The van der Waals surface area contributed by atoms with E-state index in [0.717, 1.165) is 51.4 Å². The van der Waals surface area contributed by atoms with E-state index in [9.17, 15) is 29.3 Å². The quantitative estimate of drug-likeness (QED) is 0.0152. The molecule has 0 bridgehead atoms. The van der Waals surface area contributed by atoms with Crippen LogP contribution >= 0.6 is 7.82 Å². The van der Waals surface area contributed by atoms with Crippen LogP contribution in [-0.4, -0.2) is 76.9 Å². The number of rotatable bonds is 40. The molecule has 0 aliphatic heterocycles. The highest BCUT2D eigenvalue weighted by atomic mass is 31.2. The topological polar surface area (TPSA) is 169 Å². The van der Waals surface area contributed by atoms with Crippen LogP contribution in [0.4, 0.5) is 0 Å². The Bertz CT molecular complexity index is 1210. The Morgan fingerprint density at radius 2 is 1.14 bits per heavy atom. The molecular formula is C46H79O11P. The minimum atomic E-state index is -4.68. The van der Waals surface area contributed by atoms with Gasteiger partial charge in [-0.25, -0.2) is 4.57 Å². The third-order valence-electron chi connectivity index (χ3n) is 8.95. The maximum absolute atomic E-state index is 12.6. The third kappa shape index (κ3) is 40.2. The Balaban J connectivity index is 4.50. The van der Waals surface area contributed by atoms with Gasteiger partial charge in [0.25, 0.3) is 0 Å². The van der Waals surface area contributed by atoms with Gasteiger partial charge in [-0.2, -0.15) is 0 Å². The summed E-state index contributed by atoms with van der Waals surface area (Å²) in [6, 6.07) is 0. The average molecular weight is 839 g/mol. The highest BCUT2D eigenvalue weighted by Crippen LogP contribution is 2.43. The number of carbonyl (C=O) groups excluding carboxylic acids is 2. The van der Waals surface area contributed by atoms with E-state index in [2.05, 4.69) is 67.0 Å². The first-order valence-electron chi connectivity index (χ1n) is 22.0. The van der Waals surface area contributed by atoms with Crippen LogP contribution in [0.5, 0.6) is 0 Å². The Hall–Kier alpha value is -2.63. The molecular weight excluding hydrogens is 759 g/mol. The van der Waals surface area contributed by atoms with E-state index in [-0.39, 0.29) is 12.8 Å². The minimum Gasteiger partial charge on any atom is -0.462 e. The van der Waals surface area contributed by atoms with E-state index < -0.39 is 64.5 Å². The van der Waals surface area contributed by atoms with Crippen molar-refractivity contribution < 1.29 is 52.9 Å². The van der Waals surface area contributed by atoms with Gasteiger partial charge in [-0.15, -0.1) is 0 Å². The molecule has 0 saturated carbocycles. The number of allylic oxidation sites excluding steroid dienone is 11. The summed E-state index contributed by atoms with van der Waals surface area (Å²) in [5, 5.41) is 28.6. The zero-order valence-corrected chi connectivity index (χ0v) is 36.7. The van der Waals surface area contributed by atoms with Crippen LogP contribution in [0, 0.1) is 0 Å². The molecule has 0 aromatic rings. The van der Waals surface area contributed by atoms with E-state index >= 15 is 0 Å². The van der Waals surface area contributed by atoms with Gasteiger partial charge in [0.2, 0.25) is 0 Å². The van der Waals surface area contributed by atoms with Crippen molar-refractivity contribution in [2.75, 3.05) is 26.4 Å². The van der Waals surface area contributed by atoms with E-state index in [1.807, 2.05) is 12.2 Å². The van der Waals surface area contributed by atoms with Crippen molar-refractivity contribution in [3.63, 3.8) is 0 Å². The molecule has 0 aliphatic carbocycles. The number of carbonyl (C=O) groups is 2. The van der Waals surface area contributed by atoms with Gasteiger partial charge in [-0.05, 0) is 70.6 Å². The largest absolute Gasteiger partial charge is 0.472 e. The summed E-state index contributed by atoms with van der Waals surface area (Å²) in [5.74, 6) is -1.14. The number of hydrogen-bond acceptors (Lipinski definition) is 10. The second-order valence-electron chi connectivity index (χ2n) is 14.5. The second-order valence-corrected chi connectivity index (χ2v) is 16.0. The molecule has 0 aromatic heterocycles. The standard InChI is InChI=1S/C46H79O11P/c1-3-5-7-9-11-13-15-17-18-19-20-22-24-26-28-30-32-36-45(50)54-40-44(41-56-58(52,53)55-39-43(49)38-47)57-46(51)37-33-35-42(48)34-31-29-27-25-23-21-16-14-12-10-8-6-4-2/h6,8,12,14,17-18,21,23,27,29,31,34,42-44,47-49H,3-5,7,9-11,13,15-16,19-20,22,24-26,28,30,32-33,35-41H2,1-2H3,(H,52,53)/b8-6-,14-12-,18-17-,23-21-,29-27-,34-31+/t42?,43-,44+/m0/s1. The summed E-state index contributed by atoms with van der Waals surface area (Å²) in [4.78, 5) is 35.0. The van der Waals surface area contributed by atoms with E-state index in [0.29, 0.717) is 19.3 Å². The second kappa shape index (κ2) is 41.1. The van der Waals surface area contributed by atoms with Crippen LogP contribution < -0.4 is 0 Å². The summed E-state index contributed by atoms with van der Waals surface area (Å²) in [6.45, 7) is 2.02. The van der Waals surface area contributed by atoms with Gasteiger partial charge < -0.3 is 29.7 Å². The molecule has 2 unspecified atom stereocenters. The average Bonchev–Trinajstić information content (AvgIpc) is 3.20.